The van der Waals surface area contributed by atoms with Gasteiger partial charge >= 0.3 is 5.97 Å². The van der Waals surface area contributed by atoms with Crippen LogP contribution in [-0.4, -0.2) is 11.1 Å². The zero-order valence-corrected chi connectivity index (χ0v) is 9.45. The van der Waals surface area contributed by atoms with Crippen molar-refractivity contribution in [1.29, 1.82) is 0 Å². The molecule has 2 N–H and O–H groups in total. The number of rotatable bonds is 3. The third-order valence-corrected chi connectivity index (χ3v) is 2.40. The zero-order valence-electron chi connectivity index (χ0n) is 9.45. The van der Waals surface area contributed by atoms with Gasteiger partial charge < -0.3 is 10.4 Å². The van der Waals surface area contributed by atoms with Crippen LogP contribution in [0.3, 0.4) is 0 Å². The molecule has 0 atom stereocenters. The fraction of sp³-hybridized carbons (Fsp3) is 0. The number of carbonyl (C=O) groups is 1. The number of carboxylic acid groups (broad SMARTS) is 1. The van der Waals surface area contributed by atoms with E-state index in [-0.39, 0.29) is 11.3 Å². The second-order valence-electron chi connectivity index (χ2n) is 3.76. The smallest absolute Gasteiger partial charge is 0.335 e. The lowest BCUT2D eigenvalue weighted by molar-refractivity contribution is 0.0697. The molecular weight excluding hydrogens is 259 g/mol. The SMILES string of the molecule is O=C(O)c1ccc(Nc2cc(F)cc(F)c2F)cc1. The van der Waals surface area contributed by atoms with Crippen LogP contribution in [0.2, 0.25) is 0 Å². The van der Waals surface area contributed by atoms with Crippen LogP contribution in [0.25, 0.3) is 0 Å². The number of benzene rings is 2. The van der Waals surface area contributed by atoms with Crippen molar-refractivity contribution in [1.82, 2.24) is 0 Å². The minimum absolute atomic E-state index is 0.0523. The molecule has 0 saturated heterocycles. The molecule has 0 bridgehead atoms. The molecule has 0 amide bonds. The maximum Gasteiger partial charge on any atom is 0.335 e. The summed E-state index contributed by atoms with van der Waals surface area (Å²) in [5, 5.41) is 11.2. The van der Waals surface area contributed by atoms with Gasteiger partial charge in [-0.1, -0.05) is 0 Å². The molecule has 0 aliphatic rings. The van der Waals surface area contributed by atoms with Gasteiger partial charge in [0.25, 0.3) is 0 Å². The number of anilines is 2. The first-order valence-corrected chi connectivity index (χ1v) is 5.22. The van der Waals surface area contributed by atoms with E-state index < -0.39 is 23.4 Å². The lowest BCUT2D eigenvalue weighted by Gasteiger charge is -2.08. The van der Waals surface area contributed by atoms with Crippen LogP contribution in [0.1, 0.15) is 10.4 Å². The van der Waals surface area contributed by atoms with E-state index >= 15 is 0 Å². The van der Waals surface area contributed by atoms with Gasteiger partial charge in [0.15, 0.2) is 11.6 Å². The quantitative estimate of drug-likeness (QED) is 0.836. The molecule has 2 aromatic carbocycles. The van der Waals surface area contributed by atoms with E-state index in [0.717, 1.165) is 6.07 Å². The second kappa shape index (κ2) is 5.01. The summed E-state index contributed by atoms with van der Waals surface area (Å²) >= 11 is 0. The summed E-state index contributed by atoms with van der Waals surface area (Å²) < 4.78 is 39.3. The molecule has 6 heteroatoms. The molecule has 0 unspecified atom stereocenters. The summed E-state index contributed by atoms with van der Waals surface area (Å²) in [6, 6.07) is 6.56. The highest BCUT2D eigenvalue weighted by Gasteiger charge is 2.11. The first-order valence-electron chi connectivity index (χ1n) is 5.22. The highest BCUT2D eigenvalue weighted by Crippen LogP contribution is 2.23. The standard InChI is InChI=1S/C13H8F3NO2/c14-8-5-10(15)12(16)11(6-8)17-9-3-1-7(2-4-9)13(18)19/h1-6,17H,(H,18,19). The summed E-state index contributed by atoms with van der Waals surface area (Å²) in [6.45, 7) is 0. The highest BCUT2D eigenvalue weighted by molar-refractivity contribution is 5.88. The minimum Gasteiger partial charge on any atom is -0.478 e. The van der Waals surface area contributed by atoms with Gasteiger partial charge in [-0.25, -0.2) is 18.0 Å². The lowest BCUT2D eigenvalue weighted by Crippen LogP contribution is -1.99. The summed E-state index contributed by atoms with van der Waals surface area (Å²) in [5.74, 6) is -4.52. The zero-order chi connectivity index (χ0) is 14.0. The van der Waals surface area contributed by atoms with Crippen molar-refractivity contribution >= 4 is 17.3 Å². The number of hydrogen-bond acceptors (Lipinski definition) is 2. The van der Waals surface area contributed by atoms with Gasteiger partial charge in [0.05, 0.1) is 11.3 Å². The van der Waals surface area contributed by atoms with E-state index in [2.05, 4.69) is 5.32 Å². The Kier molecular flexibility index (Phi) is 3.41. The van der Waals surface area contributed by atoms with Gasteiger partial charge in [-0.15, -0.1) is 0 Å². The summed E-state index contributed by atoms with van der Waals surface area (Å²) in [5.41, 5.74) is 0.00548. The summed E-state index contributed by atoms with van der Waals surface area (Å²) in [4.78, 5) is 10.6. The van der Waals surface area contributed by atoms with Crippen molar-refractivity contribution < 1.29 is 23.1 Å². The molecule has 2 rings (SSSR count). The Labute approximate surface area is 106 Å². The average molecular weight is 267 g/mol. The normalized spacial score (nSPS) is 10.3. The molecule has 0 fully saturated rings. The molecule has 2 aromatic rings. The Hall–Kier alpha value is -2.50. The van der Waals surface area contributed by atoms with Crippen LogP contribution in [0, 0.1) is 17.5 Å². The monoisotopic (exact) mass is 267 g/mol. The Bertz CT molecular complexity index is 627. The Morgan fingerprint density at radius 2 is 1.68 bits per heavy atom. The molecule has 0 aliphatic heterocycles. The molecule has 0 saturated carbocycles. The van der Waals surface area contributed by atoms with Crippen LogP contribution in [0.4, 0.5) is 24.5 Å². The van der Waals surface area contributed by atoms with Crippen LogP contribution >= 0.6 is 0 Å². The molecule has 0 radical (unpaired) electrons. The van der Waals surface area contributed by atoms with Crippen molar-refractivity contribution in [2.24, 2.45) is 0 Å². The number of nitrogens with one attached hydrogen (secondary N) is 1. The largest absolute Gasteiger partial charge is 0.478 e. The van der Waals surface area contributed by atoms with Crippen LogP contribution in [0.15, 0.2) is 36.4 Å². The molecule has 0 aromatic heterocycles. The van der Waals surface area contributed by atoms with Gasteiger partial charge in [0.2, 0.25) is 0 Å². The minimum atomic E-state index is -1.30. The van der Waals surface area contributed by atoms with Crippen molar-refractivity contribution in [2.45, 2.75) is 0 Å². The Morgan fingerprint density at radius 1 is 1.05 bits per heavy atom. The van der Waals surface area contributed by atoms with E-state index in [1.165, 1.54) is 24.3 Å². The number of halogens is 3. The van der Waals surface area contributed by atoms with E-state index in [0.29, 0.717) is 11.8 Å². The summed E-state index contributed by atoms with van der Waals surface area (Å²) in [6.07, 6.45) is 0. The number of carboxylic acids is 1. The van der Waals surface area contributed by atoms with E-state index in [4.69, 9.17) is 5.11 Å². The topological polar surface area (TPSA) is 49.3 Å². The van der Waals surface area contributed by atoms with Crippen LogP contribution in [-0.2, 0) is 0 Å². The molecule has 98 valence electrons. The fourth-order valence-electron chi connectivity index (χ4n) is 1.50. The average Bonchev–Trinajstić information content (AvgIpc) is 2.36. The predicted octanol–water partition coefficient (Wildman–Crippen LogP) is 3.55. The molecule has 19 heavy (non-hydrogen) atoms. The first-order chi connectivity index (χ1) is 8.97. The maximum absolute atomic E-state index is 13.4. The highest BCUT2D eigenvalue weighted by atomic mass is 19.2. The van der Waals surface area contributed by atoms with Gasteiger partial charge in [-0.05, 0) is 24.3 Å². The molecule has 0 aliphatic carbocycles. The fourth-order valence-corrected chi connectivity index (χ4v) is 1.50. The second-order valence-corrected chi connectivity index (χ2v) is 3.76. The van der Waals surface area contributed by atoms with E-state index in [1.807, 2.05) is 0 Å². The van der Waals surface area contributed by atoms with Crippen molar-refractivity contribution in [2.75, 3.05) is 5.32 Å². The van der Waals surface area contributed by atoms with Crippen molar-refractivity contribution in [3.63, 3.8) is 0 Å². The summed E-state index contributed by atoms with van der Waals surface area (Å²) in [7, 11) is 0. The number of aromatic carboxylic acids is 1. The molecule has 3 nitrogen and oxygen atoms in total. The van der Waals surface area contributed by atoms with Crippen molar-refractivity contribution in [3.05, 3.63) is 59.4 Å². The van der Waals surface area contributed by atoms with Gasteiger partial charge in [0, 0.05) is 17.8 Å². The third-order valence-electron chi connectivity index (χ3n) is 2.40. The maximum atomic E-state index is 13.4. The van der Waals surface area contributed by atoms with Gasteiger partial charge in [-0.3, -0.25) is 0 Å². The molecule has 0 spiro atoms. The Morgan fingerprint density at radius 3 is 2.26 bits per heavy atom. The first kappa shape index (κ1) is 12.9. The predicted molar refractivity (Wildman–Crippen MR) is 63.0 cm³/mol. The lowest BCUT2D eigenvalue weighted by atomic mass is 10.2. The van der Waals surface area contributed by atoms with Gasteiger partial charge in [0.1, 0.15) is 5.82 Å². The van der Waals surface area contributed by atoms with Crippen LogP contribution in [0.5, 0.6) is 0 Å². The third kappa shape index (κ3) is 2.85. The molecule has 0 heterocycles. The van der Waals surface area contributed by atoms with E-state index in [9.17, 15) is 18.0 Å². The van der Waals surface area contributed by atoms with Crippen LogP contribution < -0.4 is 5.32 Å². The van der Waals surface area contributed by atoms with Crippen molar-refractivity contribution in [3.8, 4) is 0 Å². The van der Waals surface area contributed by atoms with E-state index in [1.54, 1.807) is 0 Å². The molecular formula is C13H8F3NO2. The number of hydrogen-bond donors (Lipinski definition) is 2. The van der Waals surface area contributed by atoms with Gasteiger partial charge in [-0.2, -0.15) is 0 Å². The Balaban J connectivity index is 2.28.